The summed E-state index contributed by atoms with van der Waals surface area (Å²) in [5, 5.41) is 10.1. The number of carboxylic acids is 1. The molecule has 3 rings (SSSR count). The van der Waals surface area contributed by atoms with Gasteiger partial charge in [0.05, 0.1) is 16.2 Å². The molecule has 158 valence electrons. The van der Waals surface area contributed by atoms with Gasteiger partial charge >= 0.3 is 5.97 Å². The smallest absolute Gasteiger partial charge is 0.336 e. The highest BCUT2D eigenvalue weighted by Crippen LogP contribution is 2.28. The van der Waals surface area contributed by atoms with Crippen molar-refractivity contribution < 1.29 is 22.7 Å². The van der Waals surface area contributed by atoms with E-state index in [2.05, 4.69) is 9.71 Å². The van der Waals surface area contributed by atoms with Crippen molar-refractivity contribution >= 4 is 27.3 Å². The fourth-order valence-electron chi connectivity index (χ4n) is 2.99. The van der Waals surface area contributed by atoms with E-state index in [9.17, 15) is 22.7 Å². The van der Waals surface area contributed by atoms with Crippen molar-refractivity contribution in [1.29, 1.82) is 0 Å². The molecule has 6 nitrogen and oxygen atoms in total. The maximum atomic E-state index is 13.1. The highest BCUT2D eigenvalue weighted by atomic mass is 32.2. The van der Waals surface area contributed by atoms with Crippen LogP contribution in [0.3, 0.4) is 0 Å². The molecule has 0 atom stereocenters. The SMILES string of the molecule is CCc1ccc(S(=O)(=O)NCCc2nc(-c3ccc(F)cc3)sc2C)cc1C(=O)O. The van der Waals surface area contributed by atoms with E-state index in [1.54, 1.807) is 12.1 Å². The summed E-state index contributed by atoms with van der Waals surface area (Å²) >= 11 is 1.46. The van der Waals surface area contributed by atoms with Crippen LogP contribution in [0.25, 0.3) is 10.6 Å². The zero-order valence-corrected chi connectivity index (χ0v) is 18.1. The zero-order chi connectivity index (χ0) is 21.9. The Morgan fingerprint density at radius 3 is 2.53 bits per heavy atom. The number of benzene rings is 2. The van der Waals surface area contributed by atoms with Gasteiger partial charge in [0.15, 0.2) is 0 Å². The van der Waals surface area contributed by atoms with Crippen LogP contribution in [0.15, 0.2) is 47.4 Å². The molecule has 2 aromatic carbocycles. The summed E-state index contributed by atoms with van der Waals surface area (Å²) in [5.41, 5.74) is 2.12. The number of thiazole rings is 1. The molecule has 0 bridgehead atoms. The summed E-state index contributed by atoms with van der Waals surface area (Å²) in [6, 6.07) is 10.2. The Balaban J connectivity index is 1.71. The first-order chi connectivity index (χ1) is 14.2. The molecule has 0 fully saturated rings. The Morgan fingerprint density at radius 2 is 1.90 bits per heavy atom. The molecule has 2 N–H and O–H groups in total. The Labute approximate surface area is 178 Å². The second-order valence-corrected chi connectivity index (χ2v) is 9.62. The number of aromatic carboxylic acids is 1. The minimum atomic E-state index is -3.85. The Morgan fingerprint density at radius 1 is 1.20 bits per heavy atom. The molecule has 0 unspecified atom stereocenters. The van der Waals surface area contributed by atoms with Gasteiger partial charge in [-0.3, -0.25) is 0 Å². The Kier molecular flexibility index (Phi) is 6.64. The Bertz CT molecular complexity index is 1170. The van der Waals surface area contributed by atoms with E-state index in [-0.39, 0.29) is 22.8 Å². The lowest BCUT2D eigenvalue weighted by atomic mass is 10.1. The number of sulfonamides is 1. The van der Waals surface area contributed by atoms with Crippen LogP contribution in [-0.2, 0) is 22.9 Å². The standard InChI is InChI=1S/C21H21FN2O4S2/c1-3-14-6-9-17(12-18(14)21(25)26)30(27,28)23-11-10-19-13(2)29-20(24-19)15-4-7-16(22)8-5-15/h4-9,12,23H,3,10-11H2,1-2H3,(H,25,26). The highest BCUT2D eigenvalue weighted by Gasteiger charge is 2.19. The average Bonchev–Trinajstić information content (AvgIpc) is 3.08. The predicted molar refractivity (Wildman–Crippen MR) is 114 cm³/mol. The summed E-state index contributed by atoms with van der Waals surface area (Å²) in [4.78, 5) is 16.8. The van der Waals surface area contributed by atoms with Crippen molar-refractivity contribution in [3.05, 3.63) is 70.0 Å². The lowest BCUT2D eigenvalue weighted by Gasteiger charge is -2.09. The molecule has 0 saturated carbocycles. The minimum Gasteiger partial charge on any atom is -0.478 e. The highest BCUT2D eigenvalue weighted by molar-refractivity contribution is 7.89. The van der Waals surface area contributed by atoms with Gasteiger partial charge in [-0.1, -0.05) is 13.0 Å². The number of hydrogen-bond donors (Lipinski definition) is 2. The van der Waals surface area contributed by atoms with Crippen LogP contribution in [-0.4, -0.2) is 31.0 Å². The third-order valence-corrected chi connectivity index (χ3v) is 7.16. The molecule has 0 amide bonds. The maximum Gasteiger partial charge on any atom is 0.336 e. The molecule has 30 heavy (non-hydrogen) atoms. The predicted octanol–water partition coefficient (Wildman–Crippen LogP) is 4.04. The van der Waals surface area contributed by atoms with Crippen molar-refractivity contribution in [2.24, 2.45) is 0 Å². The molecule has 0 saturated heterocycles. The molecule has 0 radical (unpaired) electrons. The first kappa shape index (κ1) is 22.1. The number of rotatable bonds is 8. The van der Waals surface area contributed by atoms with E-state index in [1.165, 1.54) is 41.7 Å². The van der Waals surface area contributed by atoms with Crippen LogP contribution in [0.1, 0.15) is 33.4 Å². The van der Waals surface area contributed by atoms with Crippen LogP contribution in [0.2, 0.25) is 0 Å². The molecule has 3 aromatic rings. The minimum absolute atomic E-state index is 0.0142. The lowest BCUT2D eigenvalue weighted by molar-refractivity contribution is 0.0695. The van der Waals surface area contributed by atoms with E-state index in [0.29, 0.717) is 18.4 Å². The third kappa shape index (κ3) is 4.92. The summed E-state index contributed by atoms with van der Waals surface area (Å²) in [7, 11) is -3.85. The first-order valence-electron chi connectivity index (χ1n) is 9.29. The molecule has 0 aliphatic rings. The van der Waals surface area contributed by atoms with E-state index in [4.69, 9.17) is 0 Å². The van der Waals surface area contributed by atoms with E-state index >= 15 is 0 Å². The van der Waals surface area contributed by atoms with Crippen molar-refractivity contribution in [3.8, 4) is 10.6 Å². The fraction of sp³-hybridized carbons (Fsp3) is 0.238. The van der Waals surface area contributed by atoms with Crippen LogP contribution < -0.4 is 4.72 Å². The van der Waals surface area contributed by atoms with Gasteiger partial charge in [-0.05, 0) is 55.3 Å². The van der Waals surface area contributed by atoms with E-state index in [1.807, 2.05) is 13.8 Å². The number of aromatic nitrogens is 1. The van der Waals surface area contributed by atoms with Gasteiger partial charge in [0, 0.05) is 23.4 Å². The molecule has 9 heteroatoms. The number of halogens is 1. The van der Waals surface area contributed by atoms with Crippen LogP contribution in [0.5, 0.6) is 0 Å². The second kappa shape index (κ2) is 9.03. The van der Waals surface area contributed by atoms with Gasteiger partial charge in [-0.2, -0.15) is 0 Å². The van der Waals surface area contributed by atoms with Gasteiger partial charge < -0.3 is 5.11 Å². The summed E-state index contributed by atoms with van der Waals surface area (Å²) in [6.07, 6.45) is 0.871. The third-order valence-electron chi connectivity index (χ3n) is 4.64. The van der Waals surface area contributed by atoms with Crippen LogP contribution in [0, 0.1) is 12.7 Å². The molecule has 1 aromatic heterocycles. The number of carbonyl (C=O) groups is 1. The van der Waals surface area contributed by atoms with Gasteiger partial charge in [-0.25, -0.2) is 27.3 Å². The van der Waals surface area contributed by atoms with Crippen molar-refractivity contribution in [2.45, 2.75) is 31.6 Å². The summed E-state index contributed by atoms with van der Waals surface area (Å²) in [5.74, 6) is -1.48. The normalized spacial score (nSPS) is 11.6. The Hall–Kier alpha value is -2.62. The topological polar surface area (TPSA) is 96.4 Å². The van der Waals surface area contributed by atoms with E-state index < -0.39 is 16.0 Å². The molecular weight excluding hydrogens is 427 g/mol. The number of nitrogens with zero attached hydrogens (tertiary/aromatic N) is 1. The monoisotopic (exact) mass is 448 g/mol. The van der Waals surface area contributed by atoms with Gasteiger partial charge in [0.1, 0.15) is 10.8 Å². The van der Waals surface area contributed by atoms with E-state index in [0.717, 1.165) is 21.1 Å². The van der Waals surface area contributed by atoms with Crippen LogP contribution in [0.4, 0.5) is 4.39 Å². The van der Waals surface area contributed by atoms with Crippen molar-refractivity contribution in [1.82, 2.24) is 9.71 Å². The maximum absolute atomic E-state index is 13.1. The molecule has 0 aliphatic carbocycles. The largest absolute Gasteiger partial charge is 0.478 e. The van der Waals surface area contributed by atoms with Gasteiger partial charge in [-0.15, -0.1) is 11.3 Å². The number of carboxylic acid groups (broad SMARTS) is 1. The number of aryl methyl sites for hydroxylation is 2. The lowest BCUT2D eigenvalue weighted by Crippen LogP contribution is -2.26. The fourth-order valence-corrected chi connectivity index (χ4v) is 5.02. The summed E-state index contributed by atoms with van der Waals surface area (Å²) in [6.45, 7) is 3.83. The van der Waals surface area contributed by atoms with Crippen molar-refractivity contribution in [2.75, 3.05) is 6.54 Å². The van der Waals surface area contributed by atoms with Gasteiger partial charge in [0.2, 0.25) is 10.0 Å². The number of nitrogens with one attached hydrogen (secondary N) is 1. The number of hydrogen-bond acceptors (Lipinski definition) is 5. The average molecular weight is 449 g/mol. The van der Waals surface area contributed by atoms with Crippen LogP contribution >= 0.6 is 11.3 Å². The molecular formula is C21H21FN2O4S2. The molecule has 0 aliphatic heterocycles. The van der Waals surface area contributed by atoms with Gasteiger partial charge in [0.25, 0.3) is 0 Å². The summed E-state index contributed by atoms with van der Waals surface area (Å²) < 4.78 is 40.8. The van der Waals surface area contributed by atoms with Crippen molar-refractivity contribution in [3.63, 3.8) is 0 Å². The first-order valence-corrected chi connectivity index (χ1v) is 11.6. The molecule has 1 heterocycles. The molecule has 0 spiro atoms. The zero-order valence-electron chi connectivity index (χ0n) is 16.5. The second-order valence-electron chi connectivity index (χ2n) is 6.65. The quantitative estimate of drug-likeness (QED) is 0.542.